The van der Waals surface area contributed by atoms with Gasteiger partial charge in [-0.1, -0.05) is 11.6 Å². The van der Waals surface area contributed by atoms with Crippen molar-refractivity contribution in [3.8, 4) is 0 Å². The van der Waals surface area contributed by atoms with Crippen LogP contribution in [0.4, 0.5) is 5.82 Å². The van der Waals surface area contributed by atoms with Crippen molar-refractivity contribution in [2.45, 2.75) is 19.8 Å². The highest BCUT2D eigenvalue weighted by molar-refractivity contribution is 6.29. The molecular weight excluding hydrogens is 238 g/mol. The minimum Gasteiger partial charge on any atom is -0.379 e. The Morgan fingerprint density at radius 2 is 2.24 bits per heavy atom. The van der Waals surface area contributed by atoms with E-state index in [9.17, 15) is 0 Å². The lowest BCUT2D eigenvalue weighted by atomic mass is 10.4. The van der Waals surface area contributed by atoms with Gasteiger partial charge >= 0.3 is 0 Å². The van der Waals surface area contributed by atoms with E-state index >= 15 is 0 Å². The first-order valence-electron chi connectivity index (χ1n) is 5.95. The van der Waals surface area contributed by atoms with Gasteiger partial charge in [0.2, 0.25) is 0 Å². The Morgan fingerprint density at radius 1 is 1.47 bits per heavy atom. The van der Waals surface area contributed by atoms with Gasteiger partial charge in [-0.15, -0.1) is 0 Å². The lowest BCUT2D eigenvalue weighted by molar-refractivity contribution is 0.131. The van der Waals surface area contributed by atoms with Crippen LogP contribution in [-0.4, -0.2) is 36.8 Å². The monoisotopic (exact) mass is 255 g/mol. The smallest absolute Gasteiger partial charge is 0.134 e. The molecule has 1 aliphatic rings. The van der Waals surface area contributed by atoms with Gasteiger partial charge in [0.15, 0.2) is 0 Å². The number of aryl methyl sites for hydroxylation is 1. The summed E-state index contributed by atoms with van der Waals surface area (Å²) < 4.78 is 5.59. The molecule has 0 atom stereocenters. The van der Waals surface area contributed by atoms with Gasteiger partial charge in [0.1, 0.15) is 16.8 Å². The van der Waals surface area contributed by atoms with Crippen molar-refractivity contribution in [3.63, 3.8) is 0 Å². The molecule has 1 aromatic rings. The van der Waals surface area contributed by atoms with Gasteiger partial charge in [0.25, 0.3) is 0 Å². The third-order valence-electron chi connectivity index (χ3n) is 2.81. The fourth-order valence-corrected chi connectivity index (χ4v) is 1.78. The second-order valence-corrected chi connectivity index (χ2v) is 4.92. The zero-order valence-corrected chi connectivity index (χ0v) is 11.1. The van der Waals surface area contributed by atoms with E-state index in [4.69, 9.17) is 16.3 Å². The Labute approximate surface area is 107 Å². The zero-order chi connectivity index (χ0) is 12.3. The largest absolute Gasteiger partial charge is 0.379 e. The molecule has 4 nitrogen and oxygen atoms in total. The highest BCUT2D eigenvalue weighted by Gasteiger charge is 2.21. The summed E-state index contributed by atoms with van der Waals surface area (Å²) in [6, 6.07) is 1.77. The van der Waals surface area contributed by atoms with Crippen LogP contribution in [0.15, 0.2) is 6.07 Å². The maximum Gasteiger partial charge on any atom is 0.134 e. The molecule has 1 aliphatic carbocycles. The summed E-state index contributed by atoms with van der Waals surface area (Å²) in [6.07, 6.45) is 2.66. The summed E-state index contributed by atoms with van der Waals surface area (Å²) in [7, 11) is 1.98. The molecule has 17 heavy (non-hydrogen) atoms. The first-order chi connectivity index (χ1) is 8.15. The maximum atomic E-state index is 5.90. The fraction of sp³-hybridized carbons (Fsp3) is 0.667. The molecule has 0 saturated heterocycles. The number of aromatic nitrogens is 2. The minimum atomic E-state index is 0.484. The summed E-state index contributed by atoms with van der Waals surface area (Å²) in [5.74, 6) is 2.35. The Balaban J connectivity index is 1.78. The molecule has 2 rings (SSSR count). The fourth-order valence-electron chi connectivity index (χ4n) is 1.56. The number of rotatable bonds is 6. The van der Waals surface area contributed by atoms with Crippen molar-refractivity contribution in [2.75, 3.05) is 31.7 Å². The molecule has 1 aromatic heterocycles. The highest BCUT2D eigenvalue weighted by atomic mass is 35.5. The van der Waals surface area contributed by atoms with Crippen molar-refractivity contribution in [3.05, 3.63) is 17.0 Å². The Bertz CT molecular complexity index is 362. The van der Waals surface area contributed by atoms with Gasteiger partial charge in [-0.3, -0.25) is 0 Å². The van der Waals surface area contributed by atoms with Crippen LogP contribution in [0.2, 0.25) is 5.15 Å². The summed E-state index contributed by atoms with van der Waals surface area (Å²) in [5.41, 5.74) is 0. The van der Waals surface area contributed by atoms with Gasteiger partial charge in [0, 0.05) is 26.3 Å². The number of anilines is 1. The van der Waals surface area contributed by atoms with Crippen molar-refractivity contribution < 1.29 is 4.74 Å². The van der Waals surface area contributed by atoms with Crippen LogP contribution < -0.4 is 4.90 Å². The SMILES string of the molecule is Cc1nc(Cl)cc(N(C)CCOCC2CC2)n1. The molecule has 0 aliphatic heterocycles. The number of hydrogen-bond donors (Lipinski definition) is 0. The predicted octanol–water partition coefficient (Wildman–Crippen LogP) is 2.30. The lowest BCUT2D eigenvalue weighted by Crippen LogP contribution is -2.24. The van der Waals surface area contributed by atoms with E-state index in [2.05, 4.69) is 9.97 Å². The molecule has 0 radical (unpaired) electrons. The molecule has 0 spiro atoms. The van der Waals surface area contributed by atoms with Gasteiger partial charge < -0.3 is 9.64 Å². The topological polar surface area (TPSA) is 38.2 Å². The third-order valence-corrected chi connectivity index (χ3v) is 3.00. The average molecular weight is 256 g/mol. The Hall–Kier alpha value is -0.870. The molecule has 5 heteroatoms. The lowest BCUT2D eigenvalue weighted by Gasteiger charge is -2.18. The molecule has 1 saturated carbocycles. The number of hydrogen-bond acceptors (Lipinski definition) is 4. The first-order valence-corrected chi connectivity index (χ1v) is 6.33. The standard InChI is InChI=1S/C12H18ClN3O/c1-9-14-11(13)7-12(15-9)16(2)5-6-17-8-10-3-4-10/h7,10H,3-6,8H2,1-2H3. The summed E-state index contributed by atoms with van der Waals surface area (Å²) >= 11 is 5.90. The van der Waals surface area contributed by atoms with E-state index in [0.29, 0.717) is 11.0 Å². The zero-order valence-electron chi connectivity index (χ0n) is 10.3. The van der Waals surface area contributed by atoms with Gasteiger partial charge in [-0.2, -0.15) is 0 Å². The van der Waals surface area contributed by atoms with Crippen LogP contribution >= 0.6 is 11.6 Å². The van der Waals surface area contributed by atoms with E-state index in [1.165, 1.54) is 12.8 Å². The van der Waals surface area contributed by atoms with Crippen molar-refractivity contribution in [1.29, 1.82) is 0 Å². The van der Waals surface area contributed by atoms with Crippen LogP contribution in [0.25, 0.3) is 0 Å². The normalized spacial score (nSPS) is 15.0. The van der Waals surface area contributed by atoms with Crippen molar-refractivity contribution in [1.82, 2.24) is 9.97 Å². The molecule has 1 fully saturated rings. The van der Waals surface area contributed by atoms with Crippen LogP contribution in [-0.2, 0) is 4.74 Å². The van der Waals surface area contributed by atoms with Gasteiger partial charge in [0.05, 0.1) is 6.61 Å². The number of likely N-dealkylation sites (N-methyl/N-ethyl adjacent to an activating group) is 1. The first kappa shape index (κ1) is 12.6. The summed E-state index contributed by atoms with van der Waals surface area (Å²) in [6.45, 7) is 4.29. The highest BCUT2D eigenvalue weighted by Crippen LogP contribution is 2.28. The van der Waals surface area contributed by atoms with Crippen LogP contribution in [0, 0.1) is 12.8 Å². The summed E-state index contributed by atoms with van der Waals surface area (Å²) in [4.78, 5) is 10.4. The molecule has 0 N–H and O–H groups in total. The predicted molar refractivity (Wildman–Crippen MR) is 68.6 cm³/mol. The number of halogens is 1. The van der Waals surface area contributed by atoms with E-state index in [-0.39, 0.29) is 0 Å². The molecule has 1 heterocycles. The molecule has 0 aromatic carbocycles. The quantitative estimate of drug-likeness (QED) is 0.578. The number of ether oxygens (including phenoxy) is 1. The number of nitrogens with zero attached hydrogens (tertiary/aromatic N) is 3. The summed E-state index contributed by atoms with van der Waals surface area (Å²) in [5, 5.41) is 0.484. The van der Waals surface area contributed by atoms with Crippen LogP contribution in [0.3, 0.4) is 0 Å². The minimum absolute atomic E-state index is 0.484. The molecule has 0 unspecified atom stereocenters. The second kappa shape index (κ2) is 5.65. The van der Waals surface area contributed by atoms with Crippen LogP contribution in [0.5, 0.6) is 0 Å². The molecular formula is C12H18ClN3O. The molecule has 0 amide bonds. The van der Waals surface area contributed by atoms with Crippen LogP contribution in [0.1, 0.15) is 18.7 Å². The van der Waals surface area contributed by atoms with Crippen molar-refractivity contribution in [2.24, 2.45) is 5.92 Å². The van der Waals surface area contributed by atoms with Gasteiger partial charge in [-0.05, 0) is 25.7 Å². The average Bonchev–Trinajstić information content (AvgIpc) is 3.06. The van der Waals surface area contributed by atoms with E-state index in [0.717, 1.165) is 31.5 Å². The van der Waals surface area contributed by atoms with Crippen molar-refractivity contribution >= 4 is 17.4 Å². The molecule has 0 bridgehead atoms. The van der Waals surface area contributed by atoms with Gasteiger partial charge in [-0.25, -0.2) is 9.97 Å². The van der Waals surface area contributed by atoms with E-state index in [1.54, 1.807) is 6.07 Å². The third kappa shape index (κ3) is 4.13. The van der Waals surface area contributed by atoms with E-state index < -0.39 is 0 Å². The Morgan fingerprint density at radius 3 is 2.88 bits per heavy atom. The Kier molecular flexibility index (Phi) is 4.18. The molecule has 94 valence electrons. The maximum absolute atomic E-state index is 5.90. The van der Waals surface area contributed by atoms with E-state index in [1.807, 2.05) is 18.9 Å². The second-order valence-electron chi connectivity index (χ2n) is 4.54.